The minimum Gasteiger partial charge on any atom is -0.496 e. The van der Waals surface area contributed by atoms with Crippen LogP contribution in [0.1, 0.15) is 24.0 Å². The Labute approximate surface area is 192 Å². The quantitative estimate of drug-likeness (QED) is 0.689. The van der Waals surface area contributed by atoms with E-state index in [1.54, 1.807) is 7.11 Å². The number of hydrogen-bond donors (Lipinski definition) is 1. The maximum absolute atomic E-state index is 12.9. The number of ether oxygens (including phenoxy) is 1. The molecule has 0 aliphatic carbocycles. The number of benzene rings is 2. The minimum atomic E-state index is 0.276. The van der Waals surface area contributed by atoms with Crippen molar-refractivity contribution in [2.45, 2.75) is 32.0 Å². The lowest BCUT2D eigenvalue weighted by molar-refractivity contribution is -0.134. The second-order valence-electron chi connectivity index (χ2n) is 8.89. The van der Waals surface area contributed by atoms with Crippen molar-refractivity contribution in [3.05, 3.63) is 65.7 Å². The van der Waals surface area contributed by atoms with Crippen LogP contribution >= 0.6 is 0 Å². The third-order valence-electron chi connectivity index (χ3n) is 6.70. The molecular weight excluding hydrogens is 400 g/mol. The van der Waals surface area contributed by atoms with Crippen LogP contribution in [0, 0.1) is 0 Å². The maximum atomic E-state index is 12.9. The van der Waals surface area contributed by atoms with Gasteiger partial charge in [-0.15, -0.1) is 0 Å². The van der Waals surface area contributed by atoms with Gasteiger partial charge in [-0.05, 0) is 24.5 Å². The van der Waals surface area contributed by atoms with Gasteiger partial charge in [0, 0.05) is 64.0 Å². The van der Waals surface area contributed by atoms with Crippen LogP contribution in [0.3, 0.4) is 0 Å². The molecule has 0 aromatic heterocycles. The molecule has 172 valence electrons. The van der Waals surface area contributed by atoms with Crippen LogP contribution < -0.4 is 10.1 Å². The highest BCUT2D eigenvalue weighted by molar-refractivity contribution is 5.78. The summed E-state index contributed by atoms with van der Waals surface area (Å²) in [6, 6.07) is 19.3. The molecule has 0 spiro atoms. The van der Waals surface area contributed by atoms with Gasteiger partial charge < -0.3 is 15.0 Å². The molecule has 2 aliphatic rings. The van der Waals surface area contributed by atoms with Crippen LogP contribution in [0.5, 0.6) is 5.75 Å². The molecule has 2 aromatic rings. The van der Waals surface area contributed by atoms with Gasteiger partial charge in [0.2, 0.25) is 5.91 Å². The predicted molar refractivity (Wildman–Crippen MR) is 128 cm³/mol. The van der Waals surface area contributed by atoms with E-state index in [1.807, 2.05) is 17.0 Å². The van der Waals surface area contributed by atoms with Crippen molar-refractivity contribution >= 4 is 5.91 Å². The number of piperidine rings is 1. The molecule has 2 fully saturated rings. The van der Waals surface area contributed by atoms with Crippen LogP contribution in [-0.4, -0.2) is 79.6 Å². The van der Waals surface area contributed by atoms with Gasteiger partial charge >= 0.3 is 0 Å². The fourth-order valence-electron chi connectivity index (χ4n) is 4.67. The Balaban J connectivity index is 1.15. The summed E-state index contributed by atoms with van der Waals surface area (Å²) >= 11 is 0. The van der Waals surface area contributed by atoms with E-state index in [2.05, 4.69) is 57.6 Å². The second-order valence-corrected chi connectivity index (χ2v) is 8.89. The minimum absolute atomic E-state index is 0.276. The SMILES string of the molecule is COc1ccccc1CN1CCN(C(=O)CN2CCC(NCc3ccccc3)CC2)CC1. The first-order chi connectivity index (χ1) is 15.7. The maximum Gasteiger partial charge on any atom is 0.236 e. The monoisotopic (exact) mass is 436 g/mol. The van der Waals surface area contributed by atoms with Crippen molar-refractivity contribution in [1.29, 1.82) is 0 Å². The van der Waals surface area contributed by atoms with Gasteiger partial charge in [-0.25, -0.2) is 0 Å². The summed E-state index contributed by atoms with van der Waals surface area (Å²) in [7, 11) is 1.72. The first-order valence-electron chi connectivity index (χ1n) is 11.8. The number of rotatable bonds is 8. The summed E-state index contributed by atoms with van der Waals surface area (Å²) in [5.41, 5.74) is 2.54. The molecule has 2 aromatic carbocycles. The average Bonchev–Trinajstić information content (AvgIpc) is 2.85. The van der Waals surface area contributed by atoms with E-state index in [4.69, 9.17) is 4.74 Å². The Morgan fingerprint density at radius 3 is 2.31 bits per heavy atom. The lowest BCUT2D eigenvalue weighted by Gasteiger charge is -2.37. The second kappa shape index (κ2) is 11.5. The van der Waals surface area contributed by atoms with Gasteiger partial charge in [0.25, 0.3) is 0 Å². The molecule has 0 radical (unpaired) electrons. The van der Waals surface area contributed by atoms with Crippen LogP contribution in [0.2, 0.25) is 0 Å². The molecule has 2 aliphatic heterocycles. The Hall–Kier alpha value is -2.41. The summed E-state index contributed by atoms with van der Waals surface area (Å²) in [5.74, 6) is 1.21. The number of nitrogens with one attached hydrogen (secondary N) is 1. The third-order valence-corrected chi connectivity index (χ3v) is 6.70. The molecule has 0 saturated carbocycles. The molecule has 4 rings (SSSR count). The number of nitrogens with zero attached hydrogens (tertiary/aromatic N) is 3. The van der Waals surface area contributed by atoms with Crippen LogP contribution in [-0.2, 0) is 17.9 Å². The smallest absolute Gasteiger partial charge is 0.236 e. The molecular formula is C26H36N4O2. The highest BCUT2D eigenvalue weighted by Crippen LogP contribution is 2.20. The van der Waals surface area contributed by atoms with Crippen molar-refractivity contribution in [1.82, 2.24) is 20.0 Å². The number of amides is 1. The third kappa shape index (κ3) is 6.31. The molecule has 2 saturated heterocycles. The van der Waals surface area contributed by atoms with Crippen molar-refractivity contribution in [3.63, 3.8) is 0 Å². The van der Waals surface area contributed by atoms with Crippen molar-refractivity contribution in [2.24, 2.45) is 0 Å². The van der Waals surface area contributed by atoms with Gasteiger partial charge in [0.1, 0.15) is 5.75 Å². The Kier molecular flexibility index (Phi) is 8.15. The number of hydrogen-bond acceptors (Lipinski definition) is 5. The first-order valence-corrected chi connectivity index (χ1v) is 11.8. The van der Waals surface area contributed by atoms with Crippen molar-refractivity contribution < 1.29 is 9.53 Å². The number of carbonyl (C=O) groups is 1. The molecule has 32 heavy (non-hydrogen) atoms. The van der Waals surface area contributed by atoms with Crippen molar-refractivity contribution in [2.75, 3.05) is 52.9 Å². The summed E-state index contributed by atoms with van der Waals surface area (Å²) in [5, 5.41) is 3.67. The summed E-state index contributed by atoms with van der Waals surface area (Å²) in [6.07, 6.45) is 2.21. The van der Waals surface area contributed by atoms with E-state index in [1.165, 1.54) is 11.1 Å². The average molecular weight is 437 g/mol. The lowest BCUT2D eigenvalue weighted by Crippen LogP contribution is -2.52. The lowest BCUT2D eigenvalue weighted by atomic mass is 10.0. The molecule has 1 N–H and O–H groups in total. The van der Waals surface area contributed by atoms with Crippen LogP contribution in [0.25, 0.3) is 0 Å². The summed E-state index contributed by atoms with van der Waals surface area (Å²) < 4.78 is 5.47. The zero-order valence-electron chi connectivity index (χ0n) is 19.2. The van der Waals surface area contributed by atoms with Crippen molar-refractivity contribution in [3.8, 4) is 5.75 Å². The highest BCUT2D eigenvalue weighted by Gasteiger charge is 2.25. The van der Waals surface area contributed by atoms with Gasteiger partial charge in [0.15, 0.2) is 0 Å². The van der Waals surface area contributed by atoms with Crippen LogP contribution in [0.4, 0.5) is 0 Å². The Morgan fingerprint density at radius 1 is 0.906 bits per heavy atom. The van der Waals surface area contributed by atoms with E-state index >= 15 is 0 Å². The zero-order valence-corrected chi connectivity index (χ0v) is 19.2. The van der Waals surface area contributed by atoms with E-state index in [0.717, 1.165) is 70.9 Å². The largest absolute Gasteiger partial charge is 0.496 e. The molecule has 6 heteroatoms. The van der Waals surface area contributed by atoms with E-state index < -0.39 is 0 Å². The predicted octanol–water partition coefficient (Wildman–Crippen LogP) is 2.59. The molecule has 2 heterocycles. The zero-order chi connectivity index (χ0) is 22.2. The van der Waals surface area contributed by atoms with E-state index in [0.29, 0.717) is 12.6 Å². The number of para-hydroxylation sites is 1. The molecule has 0 bridgehead atoms. The fraction of sp³-hybridized carbons (Fsp3) is 0.500. The summed E-state index contributed by atoms with van der Waals surface area (Å²) in [6.45, 7) is 7.77. The Bertz CT molecular complexity index is 844. The number of piperazine rings is 1. The number of likely N-dealkylation sites (tertiary alicyclic amines) is 1. The van der Waals surface area contributed by atoms with Gasteiger partial charge in [-0.1, -0.05) is 48.5 Å². The van der Waals surface area contributed by atoms with Gasteiger partial charge in [-0.3, -0.25) is 14.6 Å². The van der Waals surface area contributed by atoms with E-state index in [-0.39, 0.29) is 5.91 Å². The van der Waals surface area contributed by atoms with Gasteiger partial charge in [0.05, 0.1) is 13.7 Å². The van der Waals surface area contributed by atoms with Crippen LogP contribution in [0.15, 0.2) is 54.6 Å². The standard InChI is InChI=1S/C26H36N4O2/c1-32-25-10-6-5-9-23(25)20-29-15-17-30(18-16-29)26(31)21-28-13-11-24(12-14-28)27-19-22-7-3-2-4-8-22/h2-10,24,27H,11-21H2,1H3. The Morgan fingerprint density at radius 2 is 1.59 bits per heavy atom. The number of methoxy groups -OCH3 is 1. The topological polar surface area (TPSA) is 48.1 Å². The number of carbonyl (C=O) groups excluding carboxylic acids is 1. The van der Waals surface area contributed by atoms with E-state index in [9.17, 15) is 4.79 Å². The molecule has 1 amide bonds. The molecule has 6 nitrogen and oxygen atoms in total. The first kappa shape index (κ1) is 22.8. The van der Waals surface area contributed by atoms with Gasteiger partial charge in [-0.2, -0.15) is 0 Å². The normalized spacial score (nSPS) is 18.6. The molecule has 0 unspecified atom stereocenters. The summed E-state index contributed by atoms with van der Waals surface area (Å²) in [4.78, 5) is 19.6. The highest BCUT2D eigenvalue weighted by atomic mass is 16.5. The fourth-order valence-corrected chi connectivity index (χ4v) is 4.67. The molecule has 0 atom stereocenters.